The molecule has 0 aliphatic heterocycles. The van der Waals surface area contributed by atoms with Crippen molar-refractivity contribution < 1.29 is 14.2 Å². The van der Waals surface area contributed by atoms with Crippen LogP contribution in [0, 0.1) is 0 Å². The number of rotatable bonds is 7. The first-order valence-corrected chi connectivity index (χ1v) is 5.69. The van der Waals surface area contributed by atoms with E-state index in [2.05, 4.69) is 19.2 Å². The highest BCUT2D eigenvalue weighted by Crippen LogP contribution is 2.28. The Bertz CT molecular complexity index is 339. The Morgan fingerprint density at radius 2 is 1.94 bits per heavy atom. The maximum absolute atomic E-state index is 5.39. The third-order valence-electron chi connectivity index (χ3n) is 2.27. The lowest BCUT2D eigenvalue weighted by atomic mass is 10.2. The highest BCUT2D eigenvalue weighted by Gasteiger charge is 2.05. The van der Waals surface area contributed by atoms with Crippen LogP contribution in [0.15, 0.2) is 18.2 Å². The standard InChI is InChI=1S/C13H21NO3/c1-10(2)14-8-11-5-6-12(17-9-15-3)13(7-11)16-4/h5-7,10,14H,8-9H2,1-4H3. The molecule has 1 N–H and O–H groups in total. The number of hydrogen-bond donors (Lipinski definition) is 1. The smallest absolute Gasteiger partial charge is 0.188 e. The molecule has 0 saturated carbocycles. The van der Waals surface area contributed by atoms with Crippen LogP contribution in [0.5, 0.6) is 11.5 Å². The van der Waals surface area contributed by atoms with Crippen molar-refractivity contribution in [2.75, 3.05) is 21.0 Å². The molecule has 1 aromatic rings. The summed E-state index contributed by atoms with van der Waals surface area (Å²) in [7, 11) is 3.22. The summed E-state index contributed by atoms with van der Waals surface area (Å²) in [5.41, 5.74) is 1.17. The minimum Gasteiger partial charge on any atom is -0.493 e. The van der Waals surface area contributed by atoms with Gasteiger partial charge in [0.1, 0.15) is 0 Å². The van der Waals surface area contributed by atoms with Crippen LogP contribution in [-0.4, -0.2) is 27.1 Å². The fourth-order valence-corrected chi connectivity index (χ4v) is 1.39. The maximum atomic E-state index is 5.39. The molecule has 0 amide bonds. The van der Waals surface area contributed by atoms with Crippen molar-refractivity contribution in [2.24, 2.45) is 0 Å². The molecule has 0 fully saturated rings. The monoisotopic (exact) mass is 239 g/mol. The predicted molar refractivity (Wildman–Crippen MR) is 67.5 cm³/mol. The van der Waals surface area contributed by atoms with Crippen molar-refractivity contribution in [1.82, 2.24) is 5.32 Å². The molecule has 1 rings (SSSR count). The predicted octanol–water partition coefficient (Wildman–Crippen LogP) is 2.18. The second-order valence-electron chi connectivity index (χ2n) is 4.07. The van der Waals surface area contributed by atoms with Crippen molar-refractivity contribution in [3.63, 3.8) is 0 Å². The Kier molecular flexibility index (Phi) is 5.80. The van der Waals surface area contributed by atoms with E-state index in [-0.39, 0.29) is 6.79 Å². The maximum Gasteiger partial charge on any atom is 0.188 e. The Labute approximate surface area is 103 Å². The van der Waals surface area contributed by atoms with Gasteiger partial charge in [-0.1, -0.05) is 19.9 Å². The number of hydrogen-bond acceptors (Lipinski definition) is 4. The molecule has 0 saturated heterocycles. The summed E-state index contributed by atoms with van der Waals surface area (Å²) in [5.74, 6) is 1.42. The van der Waals surface area contributed by atoms with Crippen molar-refractivity contribution in [3.05, 3.63) is 23.8 Å². The normalized spacial score (nSPS) is 10.6. The van der Waals surface area contributed by atoms with E-state index >= 15 is 0 Å². The number of nitrogens with one attached hydrogen (secondary N) is 1. The average Bonchev–Trinajstić information content (AvgIpc) is 2.34. The van der Waals surface area contributed by atoms with E-state index in [1.54, 1.807) is 14.2 Å². The first-order valence-electron chi connectivity index (χ1n) is 5.69. The van der Waals surface area contributed by atoms with E-state index in [1.807, 2.05) is 18.2 Å². The molecular weight excluding hydrogens is 218 g/mol. The summed E-state index contributed by atoms with van der Waals surface area (Å²) in [4.78, 5) is 0. The van der Waals surface area contributed by atoms with Gasteiger partial charge in [0.15, 0.2) is 18.3 Å². The molecule has 0 atom stereocenters. The zero-order valence-electron chi connectivity index (χ0n) is 10.9. The van der Waals surface area contributed by atoms with Crippen LogP contribution in [0.3, 0.4) is 0 Å². The Balaban J connectivity index is 2.70. The van der Waals surface area contributed by atoms with Gasteiger partial charge < -0.3 is 19.5 Å². The molecule has 0 spiro atoms. The summed E-state index contributed by atoms with van der Waals surface area (Å²) < 4.78 is 15.5. The highest BCUT2D eigenvalue weighted by molar-refractivity contribution is 5.42. The molecule has 4 heteroatoms. The van der Waals surface area contributed by atoms with Crippen LogP contribution >= 0.6 is 0 Å². The van der Waals surface area contributed by atoms with Gasteiger partial charge in [-0.3, -0.25) is 0 Å². The summed E-state index contributed by atoms with van der Waals surface area (Å²) in [6.45, 7) is 5.28. The summed E-state index contributed by atoms with van der Waals surface area (Å²) >= 11 is 0. The van der Waals surface area contributed by atoms with E-state index in [9.17, 15) is 0 Å². The quantitative estimate of drug-likeness (QED) is 0.740. The zero-order valence-corrected chi connectivity index (χ0v) is 10.9. The van der Waals surface area contributed by atoms with Gasteiger partial charge in [0.25, 0.3) is 0 Å². The molecule has 0 heterocycles. The lowest BCUT2D eigenvalue weighted by molar-refractivity contribution is 0.0491. The van der Waals surface area contributed by atoms with Gasteiger partial charge in [0.2, 0.25) is 0 Å². The van der Waals surface area contributed by atoms with E-state index in [0.717, 1.165) is 12.3 Å². The van der Waals surface area contributed by atoms with Crippen molar-refractivity contribution in [2.45, 2.75) is 26.4 Å². The molecule has 0 aliphatic rings. The van der Waals surface area contributed by atoms with Crippen LogP contribution in [0.1, 0.15) is 19.4 Å². The minimum absolute atomic E-state index is 0.222. The topological polar surface area (TPSA) is 39.7 Å². The molecule has 17 heavy (non-hydrogen) atoms. The summed E-state index contributed by atoms with van der Waals surface area (Å²) in [6.07, 6.45) is 0. The highest BCUT2D eigenvalue weighted by atomic mass is 16.7. The van der Waals surface area contributed by atoms with Gasteiger partial charge in [-0.25, -0.2) is 0 Å². The number of benzene rings is 1. The molecular formula is C13H21NO3. The van der Waals surface area contributed by atoms with Gasteiger partial charge in [-0.05, 0) is 17.7 Å². The van der Waals surface area contributed by atoms with E-state index in [1.165, 1.54) is 5.56 Å². The Morgan fingerprint density at radius 3 is 2.53 bits per heavy atom. The lowest BCUT2D eigenvalue weighted by Gasteiger charge is -2.13. The van der Waals surface area contributed by atoms with Crippen molar-refractivity contribution in [3.8, 4) is 11.5 Å². The third-order valence-corrected chi connectivity index (χ3v) is 2.27. The van der Waals surface area contributed by atoms with E-state index < -0.39 is 0 Å². The number of methoxy groups -OCH3 is 2. The molecule has 0 radical (unpaired) electrons. The molecule has 0 aromatic heterocycles. The fraction of sp³-hybridized carbons (Fsp3) is 0.538. The summed E-state index contributed by atoms with van der Waals surface area (Å²) in [5, 5.41) is 3.35. The van der Waals surface area contributed by atoms with Crippen LogP contribution in [0.4, 0.5) is 0 Å². The van der Waals surface area contributed by atoms with Gasteiger partial charge >= 0.3 is 0 Å². The van der Waals surface area contributed by atoms with E-state index in [0.29, 0.717) is 11.8 Å². The first kappa shape index (κ1) is 13.8. The second-order valence-corrected chi connectivity index (χ2v) is 4.07. The first-order chi connectivity index (χ1) is 8.17. The Hall–Kier alpha value is -1.26. The van der Waals surface area contributed by atoms with Crippen LogP contribution < -0.4 is 14.8 Å². The zero-order chi connectivity index (χ0) is 12.7. The number of ether oxygens (including phenoxy) is 3. The minimum atomic E-state index is 0.222. The Morgan fingerprint density at radius 1 is 1.18 bits per heavy atom. The molecule has 0 unspecified atom stereocenters. The second kappa shape index (κ2) is 7.14. The van der Waals surface area contributed by atoms with Crippen LogP contribution in [0.25, 0.3) is 0 Å². The van der Waals surface area contributed by atoms with Gasteiger partial charge in [0, 0.05) is 19.7 Å². The average molecular weight is 239 g/mol. The van der Waals surface area contributed by atoms with E-state index in [4.69, 9.17) is 14.2 Å². The molecule has 4 nitrogen and oxygen atoms in total. The van der Waals surface area contributed by atoms with Gasteiger partial charge in [-0.15, -0.1) is 0 Å². The van der Waals surface area contributed by atoms with Gasteiger partial charge in [-0.2, -0.15) is 0 Å². The lowest BCUT2D eigenvalue weighted by Crippen LogP contribution is -2.21. The molecule has 0 aliphatic carbocycles. The van der Waals surface area contributed by atoms with Crippen LogP contribution in [0.2, 0.25) is 0 Å². The largest absolute Gasteiger partial charge is 0.493 e. The van der Waals surface area contributed by atoms with Gasteiger partial charge in [0.05, 0.1) is 7.11 Å². The fourth-order valence-electron chi connectivity index (χ4n) is 1.39. The van der Waals surface area contributed by atoms with Crippen molar-refractivity contribution in [1.29, 1.82) is 0 Å². The van der Waals surface area contributed by atoms with Crippen molar-refractivity contribution >= 4 is 0 Å². The SMILES string of the molecule is COCOc1ccc(CNC(C)C)cc1OC. The van der Waals surface area contributed by atoms with Crippen LogP contribution in [-0.2, 0) is 11.3 Å². The third kappa shape index (κ3) is 4.63. The molecule has 1 aromatic carbocycles. The molecule has 96 valence electrons. The summed E-state index contributed by atoms with van der Waals surface area (Å²) in [6, 6.07) is 6.35. The molecule has 0 bridgehead atoms.